The van der Waals surface area contributed by atoms with Crippen LogP contribution in [0.3, 0.4) is 0 Å². The van der Waals surface area contributed by atoms with Gasteiger partial charge >= 0.3 is 5.97 Å². The molecule has 2 aromatic carbocycles. The minimum absolute atomic E-state index is 0.0672. The first-order valence-electron chi connectivity index (χ1n) is 8.88. The molecule has 0 spiro atoms. The van der Waals surface area contributed by atoms with Gasteiger partial charge in [0, 0.05) is 5.02 Å². The van der Waals surface area contributed by atoms with Crippen LogP contribution in [0.5, 0.6) is 5.75 Å². The number of nitrogens with zero attached hydrogens (tertiary/aromatic N) is 2. The Balaban J connectivity index is 2.11. The summed E-state index contributed by atoms with van der Waals surface area (Å²) in [6.07, 6.45) is 0. The molecule has 1 heterocycles. The van der Waals surface area contributed by atoms with E-state index in [1.54, 1.807) is 17.6 Å². The second-order valence-electron chi connectivity index (χ2n) is 5.88. The molecule has 0 N–H and O–H groups in total. The van der Waals surface area contributed by atoms with Crippen LogP contribution in [0.25, 0.3) is 10.2 Å². The number of esters is 1. The van der Waals surface area contributed by atoms with Crippen LogP contribution in [0.15, 0.2) is 41.4 Å². The van der Waals surface area contributed by atoms with Crippen molar-refractivity contribution in [1.82, 2.24) is 4.57 Å². The second kappa shape index (κ2) is 9.43. The fourth-order valence-electron chi connectivity index (χ4n) is 2.69. The molecule has 0 atom stereocenters. The molecule has 0 unspecified atom stereocenters. The zero-order chi connectivity index (χ0) is 21.0. The zero-order valence-corrected chi connectivity index (χ0v) is 18.1. The predicted molar refractivity (Wildman–Crippen MR) is 114 cm³/mol. The van der Waals surface area contributed by atoms with Gasteiger partial charge in [0.2, 0.25) is 0 Å². The standard InChI is InChI=1S/C20H18Cl2N2O4S/c1-3-27-13-6-8-16-17(10-13)29-20(24(16)11-18(25)28-4-2)23-19(26)14-7-5-12(21)9-15(14)22/h5-10H,3-4,11H2,1-2H3. The summed E-state index contributed by atoms with van der Waals surface area (Å²) >= 11 is 13.3. The van der Waals surface area contributed by atoms with Gasteiger partial charge in [0.15, 0.2) is 4.80 Å². The minimum Gasteiger partial charge on any atom is -0.494 e. The van der Waals surface area contributed by atoms with Crippen molar-refractivity contribution < 1.29 is 19.1 Å². The van der Waals surface area contributed by atoms with Gasteiger partial charge in [0.25, 0.3) is 5.91 Å². The van der Waals surface area contributed by atoms with E-state index in [0.29, 0.717) is 22.2 Å². The Labute approximate surface area is 181 Å². The zero-order valence-electron chi connectivity index (χ0n) is 15.8. The van der Waals surface area contributed by atoms with E-state index in [0.717, 1.165) is 10.2 Å². The molecule has 29 heavy (non-hydrogen) atoms. The number of rotatable bonds is 6. The number of carbonyl (C=O) groups is 2. The molecule has 0 aliphatic heterocycles. The topological polar surface area (TPSA) is 69.9 Å². The van der Waals surface area contributed by atoms with E-state index in [-0.39, 0.29) is 23.7 Å². The molecular formula is C20H18Cl2N2O4S. The van der Waals surface area contributed by atoms with E-state index in [1.807, 2.05) is 25.1 Å². The fourth-order valence-corrected chi connectivity index (χ4v) is 4.24. The van der Waals surface area contributed by atoms with E-state index in [9.17, 15) is 9.59 Å². The van der Waals surface area contributed by atoms with E-state index >= 15 is 0 Å². The van der Waals surface area contributed by atoms with Crippen molar-refractivity contribution >= 4 is 56.6 Å². The number of ether oxygens (including phenoxy) is 2. The lowest BCUT2D eigenvalue weighted by Gasteiger charge is -2.06. The molecule has 6 nitrogen and oxygen atoms in total. The maximum Gasteiger partial charge on any atom is 0.326 e. The summed E-state index contributed by atoms with van der Waals surface area (Å²) < 4.78 is 13.1. The van der Waals surface area contributed by atoms with Crippen LogP contribution in [-0.2, 0) is 16.1 Å². The summed E-state index contributed by atoms with van der Waals surface area (Å²) in [6.45, 7) is 4.36. The van der Waals surface area contributed by atoms with Gasteiger partial charge in [-0.05, 0) is 50.2 Å². The molecule has 9 heteroatoms. The first-order chi connectivity index (χ1) is 13.9. The Morgan fingerprint density at radius 1 is 1.10 bits per heavy atom. The van der Waals surface area contributed by atoms with Crippen molar-refractivity contribution in [2.45, 2.75) is 20.4 Å². The SMILES string of the molecule is CCOC(=O)Cn1c(=NC(=O)c2ccc(Cl)cc2Cl)sc2cc(OCC)ccc21. The Bertz CT molecular complexity index is 1140. The number of thiazole rings is 1. The lowest BCUT2D eigenvalue weighted by Crippen LogP contribution is -2.23. The Hall–Kier alpha value is -2.35. The number of amides is 1. The number of fused-ring (bicyclic) bond motifs is 1. The highest BCUT2D eigenvalue weighted by atomic mass is 35.5. The van der Waals surface area contributed by atoms with Gasteiger partial charge in [-0.3, -0.25) is 9.59 Å². The predicted octanol–water partition coefficient (Wildman–Crippen LogP) is 4.71. The number of benzene rings is 2. The van der Waals surface area contributed by atoms with E-state index in [4.69, 9.17) is 32.7 Å². The molecule has 0 saturated carbocycles. The number of aromatic nitrogens is 1. The quantitative estimate of drug-likeness (QED) is 0.507. The van der Waals surface area contributed by atoms with Crippen molar-refractivity contribution in [3.05, 3.63) is 56.8 Å². The average Bonchev–Trinajstić information content (AvgIpc) is 2.98. The third-order valence-corrected chi connectivity index (χ3v) is 5.51. The summed E-state index contributed by atoms with van der Waals surface area (Å²) in [4.78, 5) is 29.4. The largest absolute Gasteiger partial charge is 0.494 e. The normalized spacial score (nSPS) is 11.7. The fraction of sp³-hybridized carbons (Fsp3) is 0.250. The van der Waals surface area contributed by atoms with Crippen LogP contribution < -0.4 is 9.54 Å². The maximum atomic E-state index is 12.7. The lowest BCUT2D eigenvalue weighted by atomic mass is 10.2. The lowest BCUT2D eigenvalue weighted by molar-refractivity contribution is -0.143. The summed E-state index contributed by atoms with van der Waals surface area (Å²) in [7, 11) is 0. The van der Waals surface area contributed by atoms with Crippen LogP contribution in [0, 0.1) is 0 Å². The Morgan fingerprint density at radius 3 is 2.59 bits per heavy atom. The van der Waals surface area contributed by atoms with Crippen LogP contribution in [0.4, 0.5) is 0 Å². The van der Waals surface area contributed by atoms with Gasteiger partial charge in [-0.1, -0.05) is 34.5 Å². The summed E-state index contributed by atoms with van der Waals surface area (Å²) in [5.41, 5.74) is 0.978. The van der Waals surface area contributed by atoms with Gasteiger partial charge in [0.05, 0.1) is 34.0 Å². The molecule has 152 valence electrons. The molecular weight excluding hydrogens is 435 g/mol. The molecule has 3 aromatic rings. The van der Waals surface area contributed by atoms with Crippen molar-refractivity contribution in [3.63, 3.8) is 0 Å². The number of halogens is 2. The van der Waals surface area contributed by atoms with Crippen molar-refractivity contribution in [3.8, 4) is 5.75 Å². The summed E-state index contributed by atoms with van der Waals surface area (Å²) in [6, 6.07) is 10.1. The molecule has 0 bridgehead atoms. The van der Waals surface area contributed by atoms with Crippen LogP contribution in [-0.4, -0.2) is 29.7 Å². The summed E-state index contributed by atoms with van der Waals surface area (Å²) in [5.74, 6) is -0.247. The van der Waals surface area contributed by atoms with Gasteiger partial charge in [-0.15, -0.1) is 0 Å². The van der Waals surface area contributed by atoms with Crippen LogP contribution in [0.1, 0.15) is 24.2 Å². The summed E-state index contributed by atoms with van der Waals surface area (Å²) in [5, 5.41) is 0.636. The van der Waals surface area contributed by atoms with Crippen LogP contribution in [0.2, 0.25) is 10.0 Å². The molecule has 1 amide bonds. The average molecular weight is 453 g/mol. The van der Waals surface area contributed by atoms with E-state index < -0.39 is 11.9 Å². The minimum atomic E-state index is -0.527. The number of hydrogen-bond acceptors (Lipinski definition) is 5. The number of hydrogen-bond donors (Lipinski definition) is 0. The first-order valence-corrected chi connectivity index (χ1v) is 10.5. The number of carbonyl (C=O) groups excluding carboxylic acids is 2. The van der Waals surface area contributed by atoms with E-state index in [2.05, 4.69) is 4.99 Å². The van der Waals surface area contributed by atoms with Crippen molar-refractivity contribution in [2.24, 2.45) is 4.99 Å². The van der Waals surface area contributed by atoms with Gasteiger partial charge in [-0.25, -0.2) is 0 Å². The van der Waals surface area contributed by atoms with Crippen molar-refractivity contribution in [2.75, 3.05) is 13.2 Å². The van der Waals surface area contributed by atoms with Gasteiger partial charge in [0.1, 0.15) is 12.3 Å². The van der Waals surface area contributed by atoms with Crippen molar-refractivity contribution in [1.29, 1.82) is 0 Å². The molecule has 0 fully saturated rings. The molecule has 0 radical (unpaired) electrons. The second-order valence-corrected chi connectivity index (χ2v) is 7.73. The maximum absolute atomic E-state index is 12.7. The highest BCUT2D eigenvalue weighted by Crippen LogP contribution is 2.25. The van der Waals surface area contributed by atoms with Crippen LogP contribution >= 0.6 is 34.5 Å². The third kappa shape index (κ3) is 4.98. The van der Waals surface area contributed by atoms with Gasteiger partial charge < -0.3 is 14.0 Å². The molecule has 0 aliphatic rings. The smallest absolute Gasteiger partial charge is 0.326 e. The highest BCUT2D eigenvalue weighted by molar-refractivity contribution is 7.16. The molecule has 0 saturated heterocycles. The highest BCUT2D eigenvalue weighted by Gasteiger charge is 2.15. The molecule has 3 rings (SSSR count). The molecule has 0 aliphatic carbocycles. The monoisotopic (exact) mass is 452 g/mol. The third-order valence-electron chi connectivity index (χ3n) is 3.92. The Morgan fingerprint density at radius 2 is 1.90 bits per heavy atom. The van der Waals surface area contributed by atoms with E-state index in [1.165, 1.54) is 23.5 Å². The molecule has 1 aromatic heterocycles. The first kappa shape index (κ1) is 21.4. The Kier molecular flexibility index (Phi) is 6.95. The van der Waals surface area contributed by atoms with Gasteiger partial charge in [-0.2, -0.15) is 4.99 Å².